The normalized spacial score (nSPS) is 21.7. The lowest BCUT2D eigenvalue weighted by molar-refractivity contribution is -0.0358. The molecule has 1 aliphatic rings. The summed E-state index contributed by atoms with van der Waals surface area (Å²) < 4.78 is 33.3. The molecule has 0 aromatic heterocycles. The number of aliphatic hydroxyl groups excluding tert-OH is 1. The van der Waals surface area contributed by atoms with E-state index in [4.69, 9.17) is 33.0 Å². The number of hydrogen-bond acceptors (Lipinski definition) is 5. The van der Waals surface area contributed by atoms with Crippen LogP contribution in [-0.2, 0) is 14.8 Å². The molecule has 0 aliphatic carbocycles. The zero-order chi connectivity index (χ0) is 17.1. The summed E-state index contributed by atoms with van der Waals surface area (Å²) in [5.74, 6) is 1.58. The molecular formula is C14H19Cl2NO4S2. The Kier molecular flexibility index (Phi) is 6.64. The second kappa shape index (κ2) is 7.91. The van der Waals surface area contributed by atoms with Gasteiger partial charge in [0.1, 0.15) is 4.90 Å². The molecule has 5 nitrogen and oxygen atoms in total. The lowest BCUT2D eigenvalue weighted by Gasteiger charge is -2.28. The van der Waals surface area contributed by atoms with Gasteiger partial charge >= 0.3 is 0 Å². The van der Waals surface area contributed by atoms with Gasteiger partial charge in [-0.2, -0.15) is 11.8 Å². The van der Waals surface area contributed by atoms with Crippen LogP contribution >= 0.6 is 35.0 Å². The van der Waals surface area contributed by atoms with Crippen LogP contribution in [0.5, 0.6) is 0 Å². The van der Waals surface area contributed by atoms with Crippen LogP contribution in [-0.4, -0.2) is 50.4 Å². The maximum Gasteiger partial charge on any atom is 0.242 e. The first-order valence-corrected chi connectivity index (χ1v) is 10.5. The van der Waals surface area contributed by atoms with E-state index in [0.717, 1.165) is 12.2 Å². The monoisotopic (exact) mass is 399 g/mol. The highest BCUT2D eigenvalue weighted by molar-refractivity contribution is 7.99. The second-order valence-corrected chi connectivity index (χ2v) is 9.07. The van der Waals surface area contributed by atoms with Crippen molar-refractivity contribution in [1.82, 2.24) is 4.72 Å². The summed E-state index contributed by atoms with van der Waals surface area (Å²) in [6.45, 7) is 1.95. The van der Waals surface area contributed by atoms with E-state index in [-0.39, 0.29) is 29.7 Å². The highest BCUT2D eigenvalue weighted by Gasteiger charge is 2.37. The average Bonchev–Trinajstić information content (AvgIpc) is 2.96. The Hall–Kier alpha value is -0.0200. The topological polar surface area (TPSA) is 75.6 Å². The molecule has 1 saturated heterocycles. The van der Waals surface area contributed by atoms with Crippen molar-refractivity contribution in [1.29, 1.82) is 0 Å². The lowest BCUT2D eigenvalue weighted by Crippen LogP contribution is -2.45. The van der Waals surface area contributed by atoms with Gasteiger partial charge in [-0.05, 0) is 36.8 Å². The van der Waals surface area contributed by atoms with Crippen molar-refractivity contribution in [3.8, 4) is 0 Å². The van der Waals surface area contributed by atoms with Gasteiger partial charge in [0.25, 0.3) is 0 Å². The largest absolute Gasteiger partial charge is 0.394 e. The maximum atomic E-state index is 12.5. The van der Waals surface area contributed by atoms with E-state index in [2.05, 4.69) is 4.72 Å². The van der Waals surface area contributed by atoms with E-state index in [1.54, 1.807) is 18.7 Å². The van der Waals surface area contributed by atoms with Crippen molar-refractivity contribution in [3.05, 3.63) is 27.7 Å². The van der Waals surface area contributed by atoms with Crippen LogP contribution in [0.25, 0.3) is 0 Å². The Bertz CT molecular complexity index is 661. The summed E-state index contributed by atoms with van der Waals surface area (Å²) in [5.41, 5.74) is 0.0492. The van der Waals surface area contributed by atoms with Crippen molar-refractivity contribution in [2.45, 2.75) is 23.8 Å². The van der Waals surface area contributed by atoms with E-state index in [1.807, 2.05) is 0 Å². The molecule has 9 heteroatoms. The van der Waals surface area contributed by atoms with Gasteiger partial charge in [0.05, 0.1) is 23.8 Å². The molecule has 2 rings (SSSR count). The van der Waals surface area contributed by atoms with Crippen LogP contribution < -0.4 is 4.72 Å². The molecule has 1 fully saturated rings. The summed E-state index contributed by atoms with van der Waals surface area (Å²) in [6, 6.07) is 2.88. The summed E-state index contributed by atoms with van der Waals surface area (Å²) in [7, 11) is -3.77. The van der Waals surface area contributed by atoms with E-state index in [0.29, 0.717) is 16.3 Å². The van der Waals surface area contributed by atoms with Crippen LogP contribution in [0.1, 0.15) is 12.0 Å². The molecule has 1 aliphatic heterocycles. The predicted molar refractivity (Wildman–Crippen MR) is 94.1 cm³/mol. The molecule has 2 N–H and O–H groups in total. The van der Waals surface area contributed by atoms with Gasteiger partial charge in [0.2, 0.25) is 10.0 Å². The highest BCUT2D eigenvalue weighted by atomic mass is 35.5. The second-order valence-electron chi connectivity index (χ2n) is 5.41. The van der Waals surface area contributed by atoms with Gasteiger partial charge in [0, 0.05) is 17.3 Å². The van der Waals surface area contributed by atoms with Crippen molar-refractivity contribution in [3.63, 3.8) is 0 Å². The van der Waals surface area contributed by atoms with Gasteiger partial charge in [-0.15, -0.1) is 0 Å². The Morgan fingerprint density at radius 1 is 1.39 bits per heavy atom. The quantitative estimate of drug-likeness (QED) is 0.736. The Morgan fingerprint density at radius 3 is 2.74 bits per heavy atom. The van der Waals surface area contributed by atoms with Crippen LogP contribution in [0.3, 0.4) is 0 Å². The zero-order valence-corrected chi connectivity index (χ0v) is 15.8. The summed E-state index contributed by atoms with van der Waals surface area (Å²) in [4.78, 5) is 0.00373. The zero-order valence-electron chi connectivity index (χ0n) is 12.6. The molecule has 130 valence electrons. The first-order chi connectivity index (χ1) is 10.8. The third-order valence-electron chi connectivity index (χ3n) is 3.65. The van der Waals surface area contributed by atoms with Crippen molar-refractivity contribution < 1.29 is 18.3 Å². The van der Waals surface area contributed by atoms with Crippen LogP contribution in [0, 0.1) is 6.92 Å². The molecule has 0 saturated carbocycles. The van der Waals surface area contributed by atoms with Gasteiger partial charge in [-0.1, -0.05) is 23.2 Å². The van der Waals surface area contributed by atoms with Crippen LogP contribution in [0.4, 0.5) is 0 Å². The highest BCUT2D eigenvalue weighted by Crippen LogP contribution is 2.32. The van der Waals surface area contributed by atoms with E-state index < -0.39 is 15.6 Å². The number of halogens is 2. The lowest BCUT2D eigenvalue weighted by atomic mass is 10.0. The SMILES string of the molecule is Cc1cc(S(=O)(=O)NCC2(OCCO)CCSC2)c(Cl)cc1Cl. The minimum atomic E-state index is -3.77. The average molecular weight is 400 g/mol. The van der Waals surface area contributed by atoms with Crippen LogP contribution in [0.15, 0.2) is 17.0 Å². The molecular weight excluding hydrogens is 381 g/mol. The number of rotatable bonds is 7. The first kappa shape index (κ1) is 19.3. The Balaban J connectivity index is 2.16. The third-order valence-corrected chi connectivity index (χ3v) is 7.15. The van der Waals surface area contributed by atoms with Crippen molar-refractivity contribution in [2.75, 3.05) is 31.3 Å². The van der Waals surface area contributed by atoms with Crippen LogP contribution in [0.2, 0.25) is 10.0 Å². The van der Waals surface area contributed by atoms with Gasteiger partial charge in [-0.25, -0.2) is 13.1 Å². The standard InChI is InChI=1S/C14H19Cl2NO4S2/c1-10-6-13(12(16)7-11(10)15)23(19,20)17-8-14(21-4-3-18)2-5-22-9-14/h6-7,17-18H,2-5,8-9H2,1H3. The molecule has 1 aromatic carbocycles. The molecule has 0 spiro atoms. The predicted octanol–water partition coefficient (Wildman–Crippen LogP) is 2.46. The number of thioether (sulfide) groups is 1. The smallest absolute Gasteiger partial charge is 0.242 e. The molecule has 1 atom stereocenters. The number of benzene rings is 1. The van der Waals surface area contributed by atoms with Gasteiger partial charge in [0.15, 0.2) is 0 Å². The van der Waals surface area contributed by atoms with Crippen molar-refractivity contribution in [2.24, 2.45) is 0 Å². The number of sulfonamides is 1. The number of nitrogens with one attached hydrogen (secondary N) is 1. The first-order valence-electron chi connectivity index (χ1n) is 7.07. The molecule has 0 radical (unpaired) electrons. The van der Waals surface area contributed by atoms with Crippen molar-refractivity contribution >= 4 is 45.0 Å². The number of aryl methyl sites for hydroxylation is 1. The molecule has 0 bridgehead atoms. The number of hydrogen-bond donors (Lipinski definition) is 2. The van der Waals surface area contributed by atoms with E-state index >= 15 is 0 Å². The third kappa shape index (κ3) is 4.75. The minimum absolute atomic E-state index is 0.00373. The number of aliphatic hydroxyl groups is 1. The molecule has 1 heterocycles. The fourth-order valence-corrected chi connectivity index (χ4v) is 5.60. The maximum absolute atomic E-state index is 12.5. The molecule has 1 unspecified atom stereocenters. The summed E-state index contributed by atoms with van der Waals surface area (Å²) in [6.07, 6.45) is 0.730. The molecule has 0 amide bonds. The van der Waals surface area contributed by atoms with Gasteiger partial charge in [-0.3, -0.25) is 0 Å². The molecule has 1 aromatic rings. The van der Waals surface area contributed by atoms with Gasteiger partial charge < -0.3 is 9.84 Å². The minimum Gasteiger partial charge on any atom is -0.394 e. The fraction of sp³-hybridized carbons (Fsp3) is 0.571. The Labute approximate surface area is 150 Å². The summed E-state index contributed by atoms with van der Waals surface area (Å²) >= 11 is 13.7. The van der Waals surface area contributed by atoms with E-state index in [1.165, 1.54) is 12.1 Å². The fourth-order valence-electron chi connectivity index (χ4n) is 2.30. The van der Waals surface area contributed by atoms with E-state index in [9.17, 15) is 8.42 Å². The Morgan fingerprint density at radius 2 is 2.13 bits per heavy atom. The molecule has 23 heavy (non-hydrogen) atoms. The number of ether oxygens (including phenoxy) is 1. The summed E-state index contributed by atoms with van der Waals surface area (Å²) in [5, 5.41) is 9.44.